The lowest BCUT2D eigenvalue weighted by atomic mass is 9.92. The van der Waals surface area contributed by atoms with Crippen LogP contribution in [0.3, 0.4) is 0 Å². The lowest BCUT2D eigenvalue weighted by Crippen LogP contribution is -1.96. The molecule has 0 aliphatic carbocycles. The van der Waals surface area contributed by atoms with Gasteiger partial charge < -0.3 is 4.98 Å². The van der Waals surface area contributed by atoms with Gasteiger partial charge in [0.1, 0.15) is 6.07 Å². The van der Waals surface area contributed by atoms with Crippen molar-refractivity contribution in [2.75, 3.05) is 0 Å². The average molecular weight is 380 g/mol. The normalized spacial score (nSPS) is 11.0. The van der Waals surface area contributed by atoms with Crippen LogP contribution in [-0.2, 0) is 0 Å². The summed E-state index contributed by atoms with van der Waals surface area (Å²) < 4.78 is 0. The number of pyridine rings is 1. The van der Waals surface area contributed by atoms with Gasteiger partial charge in [-0.05, 0) is 29.8 Å². The molecule has 0 bridgehead atoms. The SMILES string of the molecule is N#Cc1c(-c2c[nH]c3ccccc23)nc2ccc(Cl)cc2c1-c1ccccc1. The lowest BCUT2D eigenvalue weighted by Gasteiger charge is -2.13. The van der Waals surface area contributed by atoms with E-state index >= 15 is 0 Å². The first kappa shape index (κ1) is 16.6. The second-order valence-corrected chi connectivity index (χ2v) is 7.03. The van der Waals surface area contributed by atoms with Crippen LogP contribution in [0.5, 0.6) is 0 Å². The standard InChI is InChI=1S/C24H14ClN3/c25-16-10-11-22-18(12-16)23(15-6-2-1-3-7-15)19(13-26)24(28-22)20-14-27-21-9-5-4-8-17(20)21/h1-12,14,27H. The van der Waals surface area contributed by atoms with Crippen LogP contribution in [-0.4, -0.2) is 9.97 Å². The Hall–Kier alpha value is -3.61. The molecule has 2 aromatic heterocycles. The quantitative estimate of drug-likeness (QED) is 0.377. The minimum absolute atomic E-state index is 0.547. The van der Waals surface area contributed by atoms with E-state index in [2.05, 4.69) is 11.1 Å². The highest BCUT2D eigenvalue weighted by atomic mass is 35.5. The summed E-state index contributed by atoms with van der Waals surface area (Å²) in [5.41, 5.74) is 5.79. The molecule has 0 fully saturated rings. The number of hydrogen-bond donors (Lipinski definition) is 1. The molecule has 0 spiro atoms. The highest BCUT2D eigenvalue weighted by Crippen LogP contribution is 2.39. The zero-order valence-electron chi connectivity index (χ0n) is 14.8. The van der Waals surface area contributed by atoms with E-state index in [0.717, 1.165) is 38.5 Å². The van der Waals surface area contributed by atoms with Crippen molar-refractivity contribution in [2.24, 2.45) is 0 Å². The van der Waals surface area contributed by atoms with Crippen molar-refractivity contribution in [2.45, 2.75) is 0 Å². The number of nitriles is 1. The van der Waals surface area contributed by atoms with Gasteiger partial charge in [0.25, 0.3) is 0 Å². The summed E-state index contributed by atoms with van der Waals surface area (Å²) in [7, 11) is 0. The zero-order chi connectivity index (χ0) is 19.1. The Morgan fingerprint density at radius 3 is 2.50 bits per heavy atom. The molecule has 0 aliphatic rings. The second kappa shape index (κ2) is 6.53. The Morgan fingerprint density at radius 1 is 0.893 bits per heavy atom. The number of aromatic nitrogens is 2. The van der Waals surface area contributed by atoms with Crippen LogP contribution in [0.2, 0.25) is 5.02 Å². The van der Waals surface area contributed by atoms with Crippen molar-refractivity contribution in [1.82, 2.24) is 9.97 Å². The third-order valence-electron chi connectivity index (χ3n) is 4.97. The fourth-order valence-corrected chi connectivity index (χ4v) is 3.88. The van der Waals surface area contributed by atoms with E-state index < -0.39 is 0 Å². The van der Waals surface area contributed by atoms with Crippen molar-refractivity contribution in [3.63, 3.8) is 0 Å². The number of fused-ring (bicyclic) bond motifs is 2. The molecule has 0 unspecified atom stereocenters. The number of H-pyrrole nitrogens is 1. The van der Waals surface area contributed by atoms with Crippen LogP contribution in [0.4, 0.5) is 0 Å². The van der Waals surface area contributed by atoms with Crippen LogP contribution in [0.1, 0.15) is 5.56 Å². The van der Waals surface area contributed by atoms with Crippen molar-refractivity contribution in [1.29, 1.82) is 5.26 Å². The van der Waals surface area contributed by atoms with Crippen LogP contribution in [0.25, 0.3) is 44.2 Å². The highest BCUT2D eigenvalue weighted by molar-refractivity contribution is 6.31. The van der Waals surface area contributed by atoms with Crippen molar-refractivity contribution >= 4 is 33.4 Å². The van der Waals surface area contributed by atoms with Crippen LogP contribution in [0, 0.1) is 11.3 Å². The molecule has 132 valence electrons. The minimum atomic E-state index is 0.547. The van der Waals surface area contributed by atoms with Crippen LogP contribution >= 0.6 is 11.6 Å². The molecular formula is C24H14ClN3. The number of benzene rings is 3. The van der Waals surface area contributed by atoms with Crippen LogP contribution in [0.15, 0.2) is 79.0 Å². The molecule has 0 radical (unpaired) electrons. The van der Waals surface area contributed by atoms with Crippen LogP contribution < -0.4 is 0 Å². The fraction of sp³-hybridized carbons (Fsp3) is 0. The van der Waals surface area contributed by atoms with Gasteiger partial charge in [0, 0.05) is 38.6 Å². The number of para-hydroxylation sites is 1. The molecule has 2 heterocycles. The van der Waals surface area contributed by atoms with Gasteiger partial charge in [0.05, 0.1) is 16.8 Å². The summed E-state index contributed by atoms with van der Waals surface area (Å²) in [4.78, 5) is 8.15. The van der Waals surface area contributed by atoms with Gasteiger partial charge >= 0.3 is 0 Å². The van der Waals surface area contributed by atoms with Crippen molar-refractivity contribution in [3.8, 4) is 28.5 Å². The summed E-state index contributed by atoms with van der Waals surface area (Å²) in [5.74, 6) is 0. The average Bonchev–Trinajstić information content (AvgIpc) is 3.17. The summed E-state index contributed by atoms with van der Waals surface area (Å²) >= 11 is 6.28. The molecule has 1 N–H and O–H groups in total. The van der Waals surface area contributed by atoms with Gasteiger partial charge in [-0.1, -0.05) is 60.1 Å². The molecule has 0 saturated heterocycles. The first-order valence-electron chi connectivity index (χ1n) is 8.91. The number of rotatable bonds is 2. The maximum absolute atomic E-state index is 10.1. The van der Waals surface area contributed by atoms with E-state index in [4.69, 9.17) is 16.6 Å². The Balaban J connectivity index is 1.94. The third kappa shape index (κ3) is 2.55. The summed E-state index contributed by atoms with van der Waals surface area (Å²) in [6.45, 7) is 0. The Bertz CT molecular complexity index is 1380. The third-order valence-corrected chi connectivity index (χ3v) is 5.20. The van der Waals surface area contributed by atoms with Gasteiger partial charge in [-0.3, -0.25) is 0 Å². The second-order valence-electron chi connectivity index (χ2n) is 6.60. The number of halogens is 1. The lowest BCUT2D eigenvalue weighted by molar-refractivity contribution is 1.36. The molecule has 5 aromatic rings. The summed E-state index contributed by atoms with van der Waals surface area (Å²) in [6, 6.07) is 26.0. The van der Waals surface area contributed by atoms with E-state index in [9.17, 15) is 5.26 Å². The van der Waals surface area contributed by atoms with E-state index in [0.29, 0.717) is 16.3 Å². The minimum Gasteiger partial charge on any atom is -0.360 e. The summed E-state index contributed by atoms with van der Waals surface area (Å²) in [5, 5.41) is 12.7. The Labute approximate surface area is 166 Å². The van der Waals surface area contributed by atoms with Crippen molar-refractivity contribution < 1.29 is 0 Å². The smallest absolute Gasteiger partial charge is 0.102 e. The summed E-state index contributed by atoms with van der Waals surface area (Å²) in [6.07, 6.45) is 1.92. The topological polar surface area (TPSA) is 52.5 Å². The number of hydrogen-bond acceptors (Lipinski definition) is 2. The van der Waals surface area contributed by atoms with Crippen molar-refractivity contribution in [3.05, 3.63) is 89.6 Å². The van der Waals surface area contributed by atoms with E-state index in [1.807, 2.05) is 79.0 Å². The predicted octanol–water partition coefficient (Wildman–Crippen LogP) is 6.58. The molecule has 0 aliphatic heterocycles. The highest BCUT2D eigenvalue weighted by Gasteiger charge is 2.20. The first-order chi connectivity index (χ1) is 13.8. The van der Waals surface area contributed by atoms with Gasteiger partial charge in [-0.25, -0.2) is 4.98 Å². The molecule has 3 aromatic carbocycles. The molecule has 0 saturated carbocycles. The molecule has 0 amide bonds. The molecular weight excluding hydrogens is 366 g/mol. The van der Waals surface area contributed by atoms with E-state index in [-0.39, 0.29) is 0 Å². The van der Waals surface area contributed by atoms with E-state index in [1.54, 1.807) is 0 Å². The van der Waals surface area contributed by atoms with Gasteiger partial charge in [0.2, 0.25) is 0 Å². The van der Waals surface area contributed by atoms with Gasteiger partial charge in [-0.15, -0.1) is 0 Å². The maximum Gasteiger partial charge on any atom is 0.102 e. The zero-order valence-corrected chi connectivity index (χ0v) is 15.5. The Morgan fingerprint density at radius 2 is 1.68 bits per heavy atom. The predicted molar refractivity (Wildman–Crippen MR) is 114 cm³/mol. The molecule has 0 atom stereocenters. The number of nitrogens with zero attached hydrogens (tertiary/aromatic N) is 2. The molecule has 28 heavy (non-hydrogen) atoms. The maximum atomic E-state index is 10.1. The first-order valence-corrected chi connectivity index (χ1v) is 9.29. The fourth-order valence-electron chi connectivity index (χ4n) is 3.71. The molecule has 3 nitrogen and oxygen atoms in total. The van der Waals surface area contributed by atoms with E-state index in [1.165, 1.54) is 0 Å². The number of nitrogens with one attached hydrogen (secondary N) is 1. The number of aromatic amines is 1. The molecule has 5 rings (SSSR count). The monoisotopic (exact) mass is 379 g/mol. The molecule has 4 heteroatoms. The van der Waals surface area contributed by atoms with Gasteiger partial charge in [-0.2, -0.15) is 5.26 Å². The largest absolute Gasteiger partial charge is 0.360 e. The van der Waals surface area contributed by atoms with Gasteiger partial charge in [0.15, 0.2) is 0 Å². The Kier molecular flexibility index (Phi) is 3.86.